The molecule has 0 amide bonds. The summed E-state index contributed by atoms with van der Waals surface area (Å²) in [5.41, 5.74) is 2.58. The zero-order chi connectivity index (χ0) is 11.8. The van der Waals surface area contributed by atoms with Gasteiger partial charge in [0, 0.05) is 16.3 Å². The molecule has 2 heterocycles. The molecule has 5 heteroatoms. The number of aromatic amines is 1. The predicted octanol–water partition coefficient (Wildman–Crippen LogP) is 2.99. The van der Waals surface area contributed by atoms with Crippen molar-refractivity contribution in [2.24, 2.45) is 0 Å². The number of nitrogens with one attached hydrogen (secondary N) is 1. The Morgan fingerprint density at radius 2 is 2.18 bits per heavy atom. The highest BCUT2D eigenvalue weighted by atomic mass is 32.1. The second kappa shape index (κ2) is 3.71. The highest BCUT2D eigenvalue weighted by molar-refractivity contribution is 7.12. The first-order valence-corrected chi connectivity index (χ1v) is 5.89. The van der Waals surface area contributed by atoms with Gasteiger partial charge in [0.2, 0.25) is 0 Å². The van der Waals surface area contributed by atoms with Gasteiger partial charge in [0.1, 0.15) is 10.6 Å². The van der Waals surface area contributed by atoms with Crippen LogP contribution in [-0.4, -0.2) is 21.3 Å². The SMILES string of the molecule is O=C(O)c1cc(-c2n[nH]c3ccccc23)cs1. The van der Waals surface area contributed by atoms with Gasteiger partial charge in [-0.2, -0.15) is 5.10 Å². The monoisotopic (exact) mass is 244 g/mol. The van der Waals surface area contributed by atoms with E-state index < -0.39 is 5.97 Å². The first kappa shape index (κ1) is 10.0. The van der Waals surface area contributed by atoms with Gasteiger partial charge in [0.25, 0.3) is 0 Å². The summed E-state index contributed by atoms with van der Waals surface area (Å²) in [7, 11) is 0. The lowest BCUT2D eigenvalue weighted by Gasteiger charge is -1.91. The van der Waals surface area contributed by atoms with Crippen LogP contribution in [0.3, 0.4) is 0 Å². The van der Waals surface area contributed by atoms with Gasteiger partial charge in [0.15, 0.2) is 0 Å². The fraction of sp³-hybridized carbons (Fsp3) is 0. The van der Waals surface area contributed by atoms with Crippen molar-refractivity contribution in [3.63, 3.8) is 0 Å². The number of thiophene rings is 1. The molecule has 0 saturated carbocycles. The van der Waals surface area contributed by atoms with Gasteiger partial charge in [-0.05, 0) is 12.1 Å². The summed E-state index contributed by atoms with van der Waals surface area (Å²) in [5.74, 6) is -0.902. The highest BCUT2D eigenvalue weighted by Crippen LogP contribution is 2.29. The zero-order valence-corrected chi connectivity index (χ0v) is 9.49. The number of nitrogens with zero attached hydrogens (tertiary/aromatic N) is 1. The van der Waals surface area contributed by atoms with Crippen molar-refractivity contribution < 1.29 is 9.90 Å². The third kappa shape index (κ3) is 1.60. The number of carbonyl (C=O) groups is 1. The average Bonchev–Trinajstić information content (AvgIpc) is 2.95. The Kier molecular flexibility index (Phi) is 2.19. The van der Waals surface area contributed by atoms with Crippen molar-refractivity contribution >= 4 is 28.2 Å². The van der Waals surface area contributed by atoms with Crippen LogP contribution in [0, 0.1) is 0 Å². The third-order valence-corrected chi connectivity index (χ3v) is 3.47. The van der Waals surface area contributed by atoms with Crippen LogP contribution in [0.15, 0.2) is 35.7 Å². The van der Waals surface area contributed by atoms with Crippen LogP contribution in [-0.2, 0) is 0 Å². The maximum Gasteiger partial charge on any atom is 0.345 e. The first-order valence-electron chi connectivity index (χ1n) is 5.01. The number of carboxylic acid groups (broad SMARTS) is 1. The summed E-state index contributed by atoms with van der Waals surface area (Å²) in [6.45, 7) is 0. The molecule has 1 aromatic carbocycles. The highest BCUT2D eigenvalue weighted by Gasteiger charge is 2.12. The number of aromatic nitrogens is 2. The zero-order valence-electron chi connectivity index (χ0n) is 8.68. The number of hydrogen-bond donors (Lipinski definition) is 2. The van der Waals surface area contributed by atoms with Crippen molar-refractivity contribution in [1.82, 2.24) is 10.2 Å². The average molecular weight is 244 g/mol. The molecular formula is C12H8N2O2S. The van der Waals surface area contributed by atoms with Gasteiger partial charge < -0.3 is 5.11 Å². The van der Waals surface area contributed by atoms with Crippen LogP contribution in [0.4, 0.5) is 0 Å². The molecule has 0 aliphatic rings. The molecule has 3 aromatic rings. The van der Waals surface area contributed by atoms with Crippen LogP contribution in [0.5, 0.6) is 0 Å². The largest absolute Gasteiger partial charge is 0.477 e. The molecule has 2 aromatic heterocycles. The number of benzene rings is 1. The molecule has 84 valence electrons. The number of aromatic carboxylic acids is 1. The second-order valence-corrected chi connectivity index (χ2v) is 4.53. The minimum atomic E-state index is -0.902. The Hall–Kier alpha value is -2.14. The van der Waals surface area contributed by atoms with E-state index in [9.17, 15) is 4.79 Å². The molecule has 2 N–H and O–H groups in total. The summed E-state index contributed by atoms with van der Waals surface area (Å²) in [6, 6.07) is 9.42. The lowest BCUT2D eigenvalue weighted by atomic mass is 10.1. The number of para-hydroxylation sites is 1. The summed E-state index contributed by atoms with van der Waals surface area (Å²) in [6.07, 6.45) is 0. The third-order valence-electron chi connectivity index (χ3n) is 2.55. The fourth-order valence-electron chi connectivity index (χ4n) is 1.76. The molecule has 17 heavy (non-hydrogen) atoms. The van der Waals surface area contributed by atoms with Crippen molar-refractivity contribution in [2.75, 3.05) is 0 Å². The molecule has 0 radical (unpaired) electrons. The summed E-state index contributed by atoms with van der Waals surface area (Å²) in [5, 5.41) is 18.9. The van der Waals surface area contributed by atoms with Gasteiger partial charge in [0.05, 0.1) is 5.52 Å². The van der Waals surface area contributed by atoms with Gasteiger partial charge in [-0.1, -0.05) is 18.2 Å². The summed E-state index contributed by atoms with van der Waals surface area (Å²) < 4.78 is 0. The lowest BCUT2D eigenvalue weighted by molar-refractivity contribution is 0.0702. The minimum absolute atomic E-state index is 0.326. The molecule has 0 bridgehead atoms. The van der Waals surface area contributed by atoms with Crippen molar-refractivity contribution in [1.29, 1.82) is 0 Å². The van der Waals surface area contributed by atoms with Gasteiger partial charge in [-0.25, -0.2) is 4.79 Å². The Morgan fingerprint density at radius 1 is 1.35 bits per heavy atom. The topological polar surface area (TPSA) is 66.0 Å². The Bertz CT molecular complexity index is 699. The van der Waals surface area contributed by atoms with Crippen LogP contribution in [0.2, 0.25) is 0 Å². The number of fused-ring (bicyclic) bond motifs is 1. The number of H-pyrrole nitrogens is 1. The van der Waals surface area contributed by atoms with E-state index in [1.54, 1.807) is 6.07 Å². The summed E-state index contributed by atoms with van der Waals surface area (Å²) >= 11 is 1.21. The maximum absolute atomic E-state index is 10.8. The van der Waals surface area contributed by atoms with E-state index in [-0.39, 0.29) is 0 Å². The molecule has 0 spiro atoms. The Morgan fingerprint density at radius 3 is 2.94 bits per heavy atom. The molecule has 0 saturated heterocycles. The number of carboxylic acids is 1. The minimum Gasteiger partial charge on any atom is -0.477 e. The van der Waals surface area contributed by atoms with Crippen molar-refractivity contribution in [2.45, 2.75) is 0 Å². The smallest absolute Gasteiger partial charge is 0.345 e. The molecule has 0 unspecified atom stereocenters. The molecule has 0 aliphatic heterocycles. The van der Waals surface area contributed by atoms with E-state index in [1.807, 2.05) is 29.6 Å². The molecule has 0 atom stereocenters. The van der Waals surface area contributed by atoms with Gasteiger partial charge >= 0.3 is 5.97 Å². The number of hydrogen-bond acceptors (Lipinski definition) is 3. The predicted molar refractivity (Wildman–Crippen MR) is 66.4 cm³/mol. The standard InChI is InChI=1S/C12H8N2O2S/c15-12(16)10-5-7(6-17-10)11-8-3-1-2-4-9(8)13-14-11/h1-6H,(H,13,14)(H,15,16). The van der Waals surface area contributed by atoms with E-state index in [4.69, 9.17) is 5.11 Å². The Labute approximate surface area is 101 Å². The molecular weight excluding hydrogens is 236 g/mol. The quantitative estimate of drug-likeness (QED) is 0.728. The van der Waals surface area contributed by atoms with E-state index in [2.05, 4.69) is 10.2 Å². The van der Waals surface area contributed by atoms with Gasteiger partial charge in [-0.3, -0.25) is 5.10 Å². The molecule has 0 fully saturated rings. The van der Waals surface area contributed by atoms with E-state index in [0.717, 1.165) is 22.2 Å². The second-order valence-electron chi connectivity index (χ2n) is 3.62. The van der Waals surface area contributed by atoms with E-state index >= 15 is 0 Å². The van der Waals surface area contributed by atoms with Crippen LogP contribution >= 0.6 is 11.3 Å². The van der Waals surface area contributed by atoms with Crippen molar-refractivity contribution in [3.05, 3.63) is 40.6 Å². The Balaban J connectivity index is 2.17. The summed E-state index contributed by atoms with van der Waals surface area (Å²) in [4.78, 5) is 11.2. The molecule has 0 aliphatic carbocycles. The first-order chi connectivity index (χ1) is 8.25. The molecule has 4 nitrogen and oxygen atoms in total. The fourth-order valence-corrected chi connectivity index (χ4v) is 2.49. The normalized spacial score (nSPS) is 10.8. The van der Waals surface area contributed by atoms with Crippen LogP contribution in [0.1, 0.15) is 9.67 Å². The van der Waals surface area contributed by atoms with E-state index in [0.29, 0.717) is 4.88 Å². The van der Waals surface area contributed by atoms with Crippen molar-refractivity contribution in [3.8, 4) is 11.3 Å². The van der Waals surface area contributed by atoms with E-state index in [1.165, 1.54) is 11.3 Å². The lowest BCUT2D eigenvalue weighted by Crippen LogP contribution is -1.90. The molecule has 3 rings (SSSR count). The maximum atomic E-state index is 10.8. The van der Waals surface area contributed by atoms with Gasteiger partial charge in [-0.15, -0.1) is 11.3 Å². The number of rotatable bonds is 2. The van der Waals surface area contributed by atoms with Crippen LogP contribution in [0.25, 0.3) is 22.2 Å². The van der Waals surface area contributed by atoms with Crippen LogP contribution < -0.4 is 0 Å².